The molecule has 3 aromatic rings. The fourth-order valence-corrected chi connectivity index (χ4v) is 2.87. The van der Waals surface area contributed by atoms with Crippen LogP contribution in [0.2, 0.25) is 0 Å². The van der Waals surface area contributed by atoms with Gasteiger partial charge in [0.05, 0.1) is 29.6 Å². The maximum Gasteiger partial charge on any atom is 0.417 e. The fourth-order valence-electron chi connectivity index (χ4n) is 2.87. The molecule has 3 rings (SSSR count). The van der Waals surface area contributed by atoms with Gasteiger partial charge < -0.3 is 10.1 Å². The SMILES string of the molecule is COc1ccc(-n2nc(C(C)(C)C)cc2NC(=O)c2ccccc2C(F)(F)F)cc1. The second kappa shape index (κ2) is 7.85. The highest BCUT2D eigenvalue weighted by molar-refractivity contribution is 6.05. The summed E-state index contributed by atoms with van der Waals surface area (Å²) in [6.07, 6.45) is -4.64. The Hall–Kier alpha value is -3.29. The third-order valence-electron chi connectivity index (χ3n) is 4.51. The molecule has 1 aromatic heterocycles. The highest BCUT2D eigenvalue weighted by Crippen LogP contribution is 2.33. The van der Waals surface area contributed by atoms with Crippen LogP contribution in [0.15, 0.2) is 54.6 Å². The van der Waals surface area contributed by atoms with Gasteiger partial charge in [0.15, 0.2) is 0 Å². The van der Waals surface area contributed by atoms with E-state index in [2.05, 4.69) is 10.4 Å². The van der Waals surface area contributed by atoms with E-state index >= 15 is 0 Å². The number of anilines is 1. The van der Waals surface area contributed by atoms with Crippen LogP contribution in [0.1, 0.15) is 42.4 Å². The molecule has 0 bridgehead atoms. The number of nitrogens with zero attached hydrogens (tertiary/aromatic N) is 2. The van der Waals surface area contributed by atoms with Crippen molar-refractivity contribution in [3.8, 4) is 11.4 Å². The van der Waals surface area contributed by atoms with Crippen LogP contribution >= 0.6 is 0 Å². The highest BCUT2D eigenvalue weighted by Gasteiger charge is 2.35. The molecule has 0 atom stereocenters. The lowest BCUT2D eigenvalue weighted by Gasteiger charge is -2.14. The van der Waals surface area contributed by atoms with E-state index in [-0.39, 0.29) is 11.2 Å². The highest BCUT2D eigenvalue weighted by atomic mass is 19.4. The lowest BCUT2D eigenvalue weighted by molar-refractivity contribution is -0.137. The molecule has 1 amide bonds. The average Bonchev–Trinajstić information content (AvgIpc) is 3.11. The van der Waals surface area contributed by atoms with Gasteiger partial charge >= 0.3 is 6.18 Å². The zero-order valence-corrected chi connectivity index (χ0v) is 17.0. The van der Waals surface area contributed by atoms with Crippen molar-refractivity contribution >= 4 is 11.7 Å². The van der Waals surface area contributed by atoms with Crippen molar-refractivity contribution < 1.29 is 22.7 Å². The number of carbonyl (C=O) groups is 1. The van der Waals surface area contributed by atoms with Crippen molar-refractivity contribution in [2.75, 3.05) is 12.4 Å². The first-order valence-corrected chi connectivity index (χ1v) is 9.23. The van der Waals surface area contributed by atoms with Gasteiger partial charge in [-0.25, -0.2) is 4.68 Å². The Kier molecular flexibility index (Phi) is 5.61. The third kappa shape index (κ3) is 4.48. The molecule has 0 fully saturated rings. The normalized spacial score (nSPS) is 12.0. The van der Waals surface area contributed by atoms with E-state index in [4.69, 9.17) is 4.74 Å². The zero-order chi connectivity index (χ0) is 22.1. The van der Waals surface area contributed by atoms with E-state index in [1.165, 1.54) is 16.8 Å². The molecule has 158 valence electrons. The molecule has 5 nitrogen and oxygen atoms in total. The van der Waals surface area contributed by atoms with Gasteiger partial charge in [0.1, 0.15) is 11.6 Å². The molecule has 1 heterocycles. The van der Waals surface area contributed by atoms with E-state index in [9.17, 15) is 18.0 Å². The number of hydrogen-bond acceptors (Lipinski definition) is 3. The number of halogens is 3. The van der Waals surface area contributed by atoms with Gasteiger partial charge in [-0.2, -0.15) is 18.3 Å². The second-order valence-electron chi connectivity index (χ2n) is 7.77. The van der Waals surface area contributed by atoms with E-state index in [1.54, 1.807) is 37.4 Å². The lowest BCUT2D eigenvalue weighted by atomic mass is 9.92. The Morgan fingerprint density at radius 2 is 1.67 bits per heavy atom. The number of nitrogens with one attached hydrogen (secondary N) is 1. The molecule has 0 spiro atoms. The van der Waals surface area contributed by atoms with Gasteiger partial charge in [-0.1, -0.05) is 32.9 Å². The Labute approximate surface area is 172 Å². The predicted molar refractivity (Wildman–Crippen MR) is 108 cm³/mol. The van der Waals surface area contributed by atoms with Crippen LogP contribution in [0.4, 0.5) is 19.0 Å². The summed E-state index contributed by atoms with van der Waals surface area (Å²) in [4.78, 5) is 12.8. The number of methoxy groups -OCH3 is 1. The van der Waals surface area contributed by atoms with Crippen LogP contribution in [-0.4, -0.2) is 22.8 Å². The first kappa shape index (κ1) is 21.4. The van der Waals surface area contributed by atoms with Crippen LogP contribution in [0.3, 0.4) is 0 Å². The molecule has 8 heteroatoms. The number of alkyl halides is 3. The summed E-state index contributed by atoms with van der Waals surface area (Å²) in [7, 11) is 1.55. The van der Waals surface area contributed by atoms with Gasteiger partial charge in [-0.3, -0.25) is 4.79 Å². The Morgan fingerprint density at radius 1 is 1.03 bits per heavy atom. The van der Waals surface area contributed by atoms with Crippen LogP contribution in [0.25, 0.3) is 5.69 Å². The first-order chi connectivity index (χ1) is 14.0. The first-order valence-electron chi connectivity index (χ1n) is 9.23. The molecular weight excluding hydrogens is 395 g/mol. The molecule has 0 saturated carbocycles. The number of hydrogen-bond donors (Lipinski definition) is 1. The summed E-state index contributed by atoms with van der Waals surface area (Å²) in [6.45, 7) is 5.87. The molecule has 0 aliphatic heterocycles. The second-order valence-corrected chi connectivity index (χ2v) is 7.77. The molecule has 0 saturated heterocycles. The topological polar surface area (TPSA) is 56.1 Å². The van der Waals surface area contributed by atoms with E-state index < -0.39 is 23.2 Å². The van der Waals surface area contributed by atoms with Crippen LogP contribution < -0.4 is 10.1 Å². The predicted octanol–water partition coefficient (Wildman–Crippen LogP) is 5.45. The van der Waals surface area contributed by atoms with Crippen LogP contribution in [-0.2, 0) is 11.6 Å². The van der Waals surface area contributed by atoms with Gasteiger partial charge in [-0.05, 0) is 36.4 Å². The number of aromatic nitrogens is 2. The summed E-state index contributed by atoms with van der Waals surface area (Å²) in [6, 6.07) is 13.3. The van der Waals surface area contributed by atoms with E-state index in [0.29, 0.717) is 17.1 Å². The molecule has 0 aliphatic rings. The summed E-state index contributed by atoms with van der Waals surface area (Å²) in [5, 5.41) is 7.15. The summed E-state index contributed by atoms with van der Waals surface area (Å²) in [5.41, 5.74) is -0.469. The molecule has 30 heavy (non-hydrogen) atoms. The lowest BCUT2D eigenvalue weighted by Crippen LogP contribution is -2.20. The minimum Gasteiger partial charge on any atom is -0.497 e. The Bertz CT molecular complexity index is 1050. The average molecular weight is 417 g/mol. The minimum atomic E-state index is -4.64. The quantitative estimate of drug-likeness (QED) is 0.614. The molecule has 0 radical (unpaired) electrons. The van der Waals surface area contributed by atoms with Crippen LogP contribution in [0, 0.1) is 0 Å². The maximum absolute atomic E-state index is 13.3. The van der Waals surface area contributed by atoms with Crippen molar-refractivity contribution in [1.29, 1.82) is 0 Å². The standard InChI is InChI=1S/C22H22F3N3O2/c1-21(2,3)18-13-19(28(27-18)14-9-11-15(30-4)12-10-14)26-20(29)16-7-5-6-8-17(16)22(23,24)25/h5-13H,1-4H3,(H,26,29). The third-order valence-corrected chi connectivity index (χ3v) is 4.51. The summed E-state index contributed by atoms with van der Waals surface area (Å²) < 4.78 is 46.6. The van der Waals surface area contributed by atoms with Crippen molar-refractivity contribution in [3.05, 3.63) is 71.4 Å². The van der Waals surface area contributed by atoms with Gasteiger partial charge in [-0.15, -0.1) is 0 Å². The molecule has 1 N–H and O–H groups in total. The van der Waals surface area contributed by atoms with Crippen molar-refractivity contribution in [3.63, 3.8) is 0 Å². The molecule has 0 unspecified atom stereocenters. The molecule has 0 aliphatic carbocycles. The molecular formula is C22H22F3N3O2. The smallest absolute Gasteiger partial charge is 0.417 e. The number of benzene rings is 2. The van der Waals surface area contributed by atoms with Crippen molar-refractivity contribution in [2.24, 2.45) is 0 Å². The Morgan fingerprint density at radius 3 is 2.23 bits per heavy atom. The molecule has 2 aromatic carbocycles. The monoisotopic (exact) mass is 417 g/mol. The number of rotatable bonds is 4. The number of carbonyl (C=O) groups excluding carboxylic acids is 1. The maximum atomic E-state index is 13.3. The largest absolute Gasteiger partial charge is 0.497 e. The van der Waals surface area contributed by atoms with Gasteiger partial charge in [0, 0.05) is 11.5 Å². The zero-order valence-electron chi connectivity index (χ0n) is 17.0. The number of amides is 1. The van der Waals surface area contributed by atoms with E-state index in [1.807, 2.05) is 20.8 Å². The van der Waals surface area contributed by atoms with E-state index in [0.717, 1.165) is 12.1 Å². The summed E-state index contributed by atoms with van der Waals surface area (Å²) in [5.74, 6) is 0.0526. The van der Waals surface area contributed by atoms with Crippen molar-refractivity contribution in [2.45, 2.75) is 32.4 Å². The fraction of sp³-hybridized carbons (Fsp3) is 0.273. The van der Waals surface area contributed by atoms with Crippen LogP contribution in [0.5, 0.6) is 5.75 Å². The number of ether oxygens (including phenoxy) is 1. The van der Waals surface area contributed by atoms with Gasteiger partial charge in [0.25, 0.3) is 5.91 Å². The Balaban J connectivity index is 2.03. The van der Waals surface area contributed by atoms with Crippen molar-refractivity contribution in [1.82, 2.24) is 9.78 Å². The van der Waals surface area contributed by atoms with Gasteiger partial charge in [0.2, 0.25) is 0 Å². The minimum absolute atomic E-state index is 0.270. The summed E-state index contributed by atoms with van der Waals surface area (Å²) >= 11 is 0.